The van der Waals surface area contributed by atoms with Crippen LogP contribution in [-0.4, -0.2) is 62.4 Å². The fraction of sp³-hybridized carbons (Fsp3) is 0.500. The van der Waals surface area contributed by atoms with E-state index in [0.29, 0.717) is 38.5 Å². The van der Waals surface area contributed by atoms with Gasteiger partial charge in [0.2, 0.25) is 0 Å². The largest absolute Gasteiger partial charge is 0.487 e. The zero-order valence-corrected chi connectivity index (χ0v) is 19.3. The molecule has 0 atom stereocenters. The summed E-state index contributed by atoms with van der Waals surface area (Å²) < 4.78 is 34.2. The number of benzene rings is 1. The van der Waals surface area contributed by atoms with Gasteiger partial charge in [0.05, 0.1) is 10.6 Å². The third-order valence-electron chi connectivity index (χ3n) is 4.38. The number of aromatic nitrogens is 1. The molecule has 1 aromatic carbocycles. The molecule has 1 fully saturated rings. The zero-order chi connectivity index (χ0) is 21.9. The van der Waals surface area contributed by atoms with E-state index >= 15 is 0 Å². The maximum atomic E-state index is 12.2. The highest BCUT2D eigenvalue weighted by atomic mass is 32.2. The van der Waals surface area contributed by atoms with Crippen molar-refractivity contribution in [3.05, 3.63) is 35.3 Å². The molecule has 0 spiro atoms. The first-order chi connectivity index (χ1) is 14.0. The Morgan fingerprint density at radius 3 is 2.33 bits per heavy atom. The topological polar surface area (TPSA) is 89.0 Å². The number of carbonyl (C=O) groups is 1. The molecule has 0 radical (unpaired) electrons. The van der Waals surface area contributed by atoms with Crippen LogP contribution in [-0.2, 0) is 21.2 Å². The average molecular weight is 454 g/mol. The average Bonchev–Trinajstić information content (AvgIpc) is 3.14. The number of piperazine rings is 1. The maximum absolute atomic E-state index is 12.2. The van der Waals surface area contributed by atoms with Crippen molar-refractivity contribution in [1.29, 1.82) is 0 Å². The minimum atomic E-state index is -3.22. The van der Waals surface area contributed by atoms with Crippen molar-refractivity contribution >= 4 is 32.4 Å². The summed E-state index contributed by atoms with van der Waals surface area (Å²) in [6, 6.07) is 6.34. The van der Waals surface area contributed by atoms with Crippen molar-refractivity contribution < 1.29 is 22.7 Å². The number of hydrogen-bond acceptors (Lipinski definition) is 8. The van der Waals surface area contributed by atoms with Crippen molar-refractivity contribution in [2.45, 2.75) is 37.9 Å². The van der Waals surface area contributed by atoms with Crippen molar-refractivity contribution in [3.63, 3.8) is 0 Å². The Kier molecular flexibility index (Phi) is 6.56. The van der Waals surface area contributed by atoms with E-state index in [1.165, 1.54) is 29.7 Å². The predicted molar refractivity (Wildman–Crippen MR) is 116 cm³/mol. The number of sulfone groups is 1. The molecule has 0 bridgehead atoms. The number of anilines is 1. The van der Waals surface area contributed by atoms with Gasteiger partial charge < -0.3 is 19.3 Å². The summed E-state index contributed by atoms with van der Waals surface area (Å²) in [7, 11) is -3.22. The highest BCUT2D eigenvalue weighted by Gasteiger charge is 2.26. The van der Waals surface area contributed by atoms with E-state index in [-0.39, 0.29) is 11.0 Å². The summed E-state index contributed by atoms with van der Waals surface area (Å²) in [5, 5.41) is 2.84. The van der Waals surface area contributed by atoms with E-state index in [1.807, 2.05) is 26.2 Å². The minimum absolute atomic E-state index is 0.260. The molecule has 1 amide bonds. The van der Waals surface area contributed by atoms with Crippen LogP contribution in [0, 0.1) is 0 Å². The molecular weight excluding hydrogens is 426 g/mol. The second-order valence-corrected chi connectivity index (χ2v) is 11.0. The van der Waals surface area contributed by atoms with Crippen LogP contribution in [0.3, 0.4) is 0 Å². The fourth-order valence-electron chi connectivity index (χ4n) is 2.85. The van der Waals surface area contributed by atoms with Crippen LogP contribution in [0.5, 0.6) is 5.75 Å². The molecule has 0 saturated carbocycles. The Balaban J connectivity index is 1.50. The van der Waals surface area contributed by atoms with Gasteiger partial charge in [0.1, 0.15) is 18.0 Å². The third kappa shape index (κ3) is 6.09. The number of amides is 1. The SMILES string of the molecule is CC(C)(C)OC(=O)N1CCN(c2nc(COc3ccc(S(C)(=O)=O)cc3)cs2)CC1. The maximum Gasteiger partial charge on any atom is 0.410 e. The van der Waals surface area contributed by atoms with Crippen molar-refractivity contribution in [3.8, 4) is 5.75 Å². The van der Waals surface area contributed by atoms with Crippen LogP contribution in [0.2, 0.25) is 0 Å². The van der Waals surface area contributed by atoms with Gasteiger partial charge in [0, 0.05) is 37.8 Å². The fourth-order valence-corrected chi connectivity index (χ4v) is 4.35. The van der Waals surface area contributed by atoms with Crippen molar-refractivity contribution in [2.24, 2.45) is 0 Å². The van der Waals surface area contributed by atoms with Gasteiger partial charge in [-0.3, -0.25) is 0 Å². The Morgan fingerprint density at radius 2 is 1.77 bits per heavy atom. The zero-order valence-electron chi connectivity index (χ0n) is 17.6. The first-order valence-electron chi connectivity index (χ1n) is 9.61. The lowest BCUT2D eigenvalue weighted by Crippen LogP contribution is -2.50. The molecule has 2 aromatic rings. The van der Waals surface area contributed by atoms with Gasteiger partial charge in [0.15, 0.2) is 15.0 Å². The Hall–Kier alpha value is -2.33. The lowest BCUT2D eigenvalue weighted by atomic mass is 10.2. The van der Waals surface area contributed by atoms with Crippen LogP contribution < -0.4 is 9.64 Å². The Labute approximate surface area is 181 Å². The first-order valence-corrected chi connectivity index (χ1v) is 12.4. The van der Waals surface area contributed by atoms with Crippen LogP contribution in [0.1, 0.15) is 26.5 Å². The lowest BCUT2D eigenvalue weighted by Gasteiger charge is -2.35. The molecule has 3 rings (SSSR count). The van der Waals surface area contributed by atoms with Crippen LogP contribution in [0.15, 0.2) is 34.5 Å². The van der Waals surface area contributed by atoms with E-state index in [4.69, 9.17) is 9.47 Å². The highest BCUT2D eigenvalue weighted by Crippen LogP contribution is 2.24. The van der Waals surface area contributed by atoms with E-state index in [9.17, 15) is 13.2 Å². The number of nitrogens with zero attached hydrogens (tertiary/aromatic N) is 3. The molecule has 2 heterocycles. The first kappa shape index (κ1) is 22.4. The van der Waals surface area contributed by atoms with E-state index in [1.54, 1.807) is 17.0 Å². The molecule has 8 nitrogen and oxygen atoms in total. The number of ether oxygens (including phenoxy) is 2. The molecule has 164 valence electrons. The normalized spacial score (nSPS) is 15.2. The summed E-state index contributed by atoms with van der Waals surface area (Å²) in [4.78, 5) is 20.9. The summed E-state index contributed by atoms with van der Waals surface area (Å²) in [5.74, 6) is 0.586. The molecule has 1 saturated heterocycles. The molecule has 10 heteroatoms. The minimum Gasteiger partial charge on any atom is -0.487 e. The Morgan fingerprint density at radius 1 is 1.13 bits per heavy atom. The molecule has 0 aliphatic carbocycles. The van der Waals surface area contributed by atoms with Gasteiger partial charge in [0.25, 0.3) is 0 Å². The molecule has 0 N–H and O–H groups in total. The van der Waals surface area contributed by atoms with Crippen LogP contribution in [0.25, 0.3) is 0 Å². The number of carbonyl (C=O) groups excluding carboxylic acids is 1. The molecular formula is C20H27N3O5S2. The molecule has 1 aromatic heterocycles. The number of thiazole rings is 1. The van der Waals surface area contributed by atoms with Gasteiger partial charge in [-0.05, 0) is 45.0 Å². The van der Waals surface area contributed by atoms with Crippen LogP contribution in [0.4, 0.5) is 9.93 Å². The van der Waals surface area contributed by atoms with Gasteiger partial charge in [-0.2, -0.15) is 0 Å². The van der Waals surface area contributed by atoms with E-state index < -0.39 is 15.4 Å². The standard InChI is InChI=1S/C20H27N3O5S2/c1-20(2,3)28-19(24)23-11-9-22(10-12-23)18-21-15(14-29-18)13-27-16-5-7-17(8-6-16)30(4,25)26/h5-8,14H,9-13H2,1-4H3. The summed E-state index contributed by atoms with van der Waals surface area (Å²) in [5.41, 5.74) is 0.306. The molecule has 0 unspecified atom stereocenters. The molecule has 1 aliphatic heterocycles. The molecule has 30 heavy (non-hydrogen) atoms. The smallest absolute Gasteiger partial charge is 0.410 e. The second kappa shape index (κ2) is 8.81. The number of hydrogen-bond donors (Lipinski definition) is 0. The highest BCUT2D eigenvalue weighted by molar-refractivity contribution is 7.90. The summed E-state index contributed by atoms with van der Waals surface area (Å²) >= 11 is 1.54. The third-order valence-corrected chi connectivity index (χ3v) is 6.46. The van der Waals surface area contributed by atoms with Crippen molar-refractivity contribution in [2.75, 3.05) is 37.3 Å². The van der Waals surface area contributed by atoms with Gasteiger partial charge >= 0.3 is 6.09 Å². The van der Waals surface area contributed by atoms with E-state index in [2.05, 4.69) is 9.88 Å². The predicted octanol–water partition coefficient (Wildman–Crippen LogP) is 3.18. The lowest BCUT2D eigenvalue weighted by molar-refractivity contribution is 0.0240. The van der Waals surface area contributed by atoms with Gasteiger partial charge in [-0.15, -0.1) is 11.3 Å². The monoisotopic (exact) mass is 453 g/mol. The summed E-state index contributed by atoms with van der Waals surface area (Å²) in [6.45, 7) is 8.45. The molecule has 1 aliphatic rings. The quantitative estimate of drug-likeness (QED) is 0.687. The van der Waals surface area contributed by atoms with Gasteiger partial charge in [-0.1, -0.05) is 0 Å². The number of rotatable bonds is 5. The Bertz CT molecular complexity index is 973. The van der Waals surface area contributed by atoms with Gasteiger partial charge in [-0.25, -0.2) is 18.2 Å². The second-order valence-electron chi connectivity index (χ2n) is 8.11. The van der Waals surface area contributed by atoms with Crippen LogP contribution >= 0.6 is 11.3 Å². The van der Waals surface area contributed by atoms with Crippen molar-refractivity contribution in [1.82, 2.24) is 9.88 Å². The summed E-state index contributed by atoms with van der Waals surface area (Å²) in [6.07, 6.45) is 0.893. The van der Waals surface area contributed by atoms with E-state index in [0.717, 1.165) is 10.8 Å².